The summed E-state index contributed by atoms with van der Waals surface area (Å²) in [6.07, 6.45) is 5.06. The summed E-state index contributed by atoms with van der Waals surface area (Å²) in [6, 6.07) is 15.3. The lowest BCUT2D eigenvalue weighted by molar-refractivity contribution is 0.201. The van der Waals surface area contributed by atoms with E-state index in [2.05, 4.69) is 24.1 Å². The van der Waals surface area contributed by atoms with Crippen LogP contribution in [0.5, 0.6) is 0 Å². The van der Waals surface area contributed by atoms with Crippen molar-refractivity contribution in [1.29, 1.82) is 0 Å². The summed E-state index contributed by atoms with van der Waals surface area (Å²) in [4.78, 5) is 18.6. The third-order valence-corrected chi connectivity index (χ3v) is 4.17. The number of amides is 2. The van der Waals surface area contributed by atoms with Crippen molar-refractivity contribution in [3.63, 3.8) is 0 Å². The fourth-order valence-corrected chi connectivity index (χ4v) is 2.65. The number of urea groups is 1. The van der Waals surface area contributed by atoms with E-state index >= 15 is 0 Å². The Kier molecular flexibility index (Phi) is 5.69. The molecule has 2 heterocycles. The van der Waals surface area contributed by atoms with Crippen LogP contribution in [0.15, 0.2) is 71.6 Å². The second kappa shape index (κ2) is 8.34. The first-order chi connectivity index (χ1) is 12.6. The normalized spacial score (nSPS) is 10.7. The van der Waals surface area contributed by atoms with Gasteiger partial charge in [-0.2, -0.15) is 0 Å². The maximum Gasteiger partial charge on any atom is 0.322 e. The number of furan rings is 1. The number of hydrogen-bond acceptors (Lipinski definition) is 3. The minimum absolute atomic E-state index is 0.171. The molecule has 0 radical (unpaired) electrons. The van der Waals surface area contributed by atoms with Gasteiger partial charge in [0.15, 0.2) is 0 Å². The smallest absolute Gasteiger partial charge is 0.322 e. The lowest BCUT2D eigenvalue weighted by Gasteiger charge is -2.22. The van der Waals surface area contributed by atoms with E-state index < -0.39 is 0 Å². The van der Waals surface area contributed by atoms with E-state index in [9.17, 15) is 4.79 Å². The molecule has 134 valence electrons. The Labute approximate surface area is 153 Å². The Morgan fingerprint density at radius 2 is 1.81 bits per heavy atom. The first-order valence-corrected chi connectivity index (χ1v) is 8.69. The predicted octanol–water partition coefficient (Wildman–Crippen LogP) is 5.03. The summed E-state index contributed by atoms with van der Waals surface area (Å²) in [7, 11) is 0. The molecule has 0 aliphatic heterocycles. The number of anilines is 1. The first-order valence-electron chi connectivity index (χ1n) is 8.69. The Morgan fingerprint density at radius 1 is 1.08 bits per heavy atom. The molecule has 0 aliphatic rings. The van der Waals surface area contributed by atoms with E-state index in [4.69, 9.17) is 4.42 Å². The minimum Gasteiger partial charge on any atom is -0.467 e. The zero-order chi connectivity index (χ0) is 18.4. The number of nitrogens with one attached hydrogen (secondary N) is 1. The second-order valence-corrected chi connectivity index (χ2v) is 6.50. The molecule has 0 spiro atoms. The monoisotopic (exact) mass is 349 g/mol. The van der Waals surface area contributed by atoms with Crippen LogP contribution in [0.3, 0.4) is 0 Å². The van der Waals surface area contributed by atoms with E-state index in [0.717, 1.165) is 17.0 Å². The number of pyridine rings is 1. The maximum absolute atomic E-state index is 12.8. The molecule has 3 rings (SSSR count). The van der Waals surface area contributed by atoms with Crippen LogP contribution in [0.2, 0.25) is 0 Å². The zero-order valence-corrected chi connectivity index (χ0v) is 15.1. The summed E-state index contributed by atoms with van der Waals surface area (Å²) >= 11 is 0. The van der Waals surface area contributed by atoms with Crippen LogP contribution in [-0.4, -0.2) is 15.9 Å². The van der Waals surface area contributed by atoms with E-state index in [0.29, 0.717) is 19.0 Å². The van der Waals surface area contributed by atoms with Gasteiger partial charge in [0.2, 0.25) is 0 Å². The Morgan fingerprint density at radius 3 is 2.42 bits per heavy atom. The Hall–Kier alpha value is -3.08. The van der Waals surface area contributed by atoms with Gasteiger partial charge in [0.25, 0.3) is 0 Å². The molecule has 0 fully saturated rings. The quantitative estimate of drug-likeness (QED) is 0.679. The van der Waals surface area contributed by atoms with Crippen LogP contribution in [0, 0.1) is 0 Å². The molecule has 0 atom stereocenters. The van der Waals surface area contributed by atoms with E-state index in [1.807, 2.05) is 48.5 Å². The van der Waals surface area contributed by atoms with Gasteiger partial charge in [-0.15, -0.1) is 0 Å². The van der Waals surface area contributed by atoms with Crippen LogP contribution >= 0.6 is 0 Å². The molecule has 2 aromatic heterocycles. The van der Waals surface area contributed by atoms with E-state index in [1.54, 1.807) is 23.6 Å². The van der Waals surface area contributed by atoms with Crippen molar-refractivity contribution >= 4 is 11.7 Å². The number of carbonyl (C=O) groups excluding carboxylic acids is 1. The highest BCUT2D eigenvalue weighted by Gasteiger charge is 2.16. The molecule has 5 nitrogen and oxygen atoms in total. The number of aromatic nitrogens is 1. The highest BCUT2D eigenvalue weighted by molar-refractivity contribution is 5.89. The predicted molar refractivity (Wildman–Crippen MR) is 102 cm³/mol. The topological polar surface area (TPSA) is 58.4 Å². The van der Waals surface area contributed by atoms with Gasteiger partial charge >= 0.3 is 6.03 Å². The lowest BCUT2D eigenvalue weighted by atomic mass is 10.0. The van der Waals surface area contributed by atoms with Crippen molar-refractivity contribution < 1.29 is 9.21 Å². The summed E-state index contributed by atoms with van der Waals surface area (Å²) in [5.74, 6) is 1.20. The summed E-state index contributed by atoms with van der Waals surface area (Å²) in [5.41, 5.74) is 3.03. The molecule has 1 aromatic carbocycles. The molecule has 0 saturated carbocycles. The Bertz CT molecular complexity index is 812. The Balaban J connectivity index is 1.73. The zero-order valence-electron chi connectivity index (χ0n) is 15.1. The third-order valence-electron chi connectivity index (χ3n) is 4.17. The fourth-order valence-electron chi connectivity index (χ4n) is 2.65. The van der Waals surface area contributed by atoms with Crippen molar-refractivity contribution in [1.82, 2.24) is 9.88 Å². The molecular formula is C21H23N3O2. The molecule has 3 aromatic rings. The van der Waals surface area contributed by atoms with E-state index in [1.165, 1.54) is 5.56 Å². The highest BCUT2D eigenvalue weighted by atomic mass is 16.3. The van der Waals surface area contributed by atoms with Gasteiger partial charge in [-0.05, 0) is 53.4 Å². The van der Waals surface area contributed by atoms with Crippen LogP contribution in [0.4, 0.5) is 10.5 Å². The van der Waals surface area contributed by atoms with Gasteiger partial charge in [0, 0.05) is 24.6 Å². The van der Waals surface area contributed by atoms with Gasteiger partial charge in [-0.25, -0.2) is 4.79 Å². The maximum atomic E-state index is 12.8. The van der Waals surface area contributed by atoms with Gasteiger partial charge in [-0.3, -0.25) is 4.98 Å². The second-order valence-electron chi connectivity index (χ2n) is 6.50. The molecule has 26 heavy (non-hydrogen) atoms. The SMILES string of the molecule is CC(C)c1ccc(NC(=O)N(Cc2ccncc2)Cc2ccco2)cc1. The number of nitrogens with zero attached hydrogens (tertiary/aromatic N) is 2. The minimum atomic E-state index is -0.171. The molecule has 0 unspecified atom stereocenters. The molecule has 0 bridgehead atoms. The number of carbonyl (C=O) groups is 1. The molecular weight excluding hydrogens is 326 g/mol. The summed E-state index contributed by atoms with van der Waals surface area (Å²) in [6.45, 7) is 5.16. The fraction of sp³-hybridized carbons (Fsp3) is 0.238. The van der Waals surface area contributed by atoms with E-state index in [-0.39, 0.29) is 6.03 Å². The average molecular weight is 349 g/mol. The van der Waals surface area contributed by atoms with Crippen molar-refractivity contribution in [2.24, 2.45) is 0 Å². The van der Waals surface area contributed by atoms with Gasteiger partial charge in [0.05, 0.1) is 12.8 Å². The lowest BCUT2D eigenvalue weighted by Crippen LogP contribution is -2.34. The van der Waals surface area contributed by atoms with Crippen molar-refractivity contribution in [2.75, 3.05) is 5.32 Å². The van der Waals surface area contributed by atoms with Crippen molar-refractivity contribution in [2.45, 2.75) is 32.9 Å². The standard InChI is InChI=1S/C21H23N3O2/c1-16(2)18-5-7-19(8-6-18)23-21(25)24(15-20-4-3-13-26-20)14-17-9-11-22-12-10-17/h3-13,16H,14-15H2,1-2H3,(H,23,25). The molecule has 0 aliphatic carbocycles. The molecule has 2 amide bonds. The first kappa shape index (κ1) is 17.7. The highest BCUT2D eigenvalue weighted by Crippen LogP contribution is 2.18. The van der Waals surface area contributed by atoms with Crippen molar-refractivity contribution in [3.05, 3.63) is 84.1 Å². The number of hydrogen-bond donors (Lipinski definition) is 1. The van der Waals surface area contributed by atoms with Gasteiger partial charge < -0.3 is 14.6 Å². The van der Waals surface area contributed by atoms with Crippen LogP contribution < -0.4 is 5.32 Å². The summed E-state index contributed by atoms with van der Waals surface area (Å²) < 4.78 is 5.41. The number of rotatable bonds is 6. The van der Waals surface area contributed by atoms with Gasteiger partial charge in [-0.1, -0.05) is 26.0 Å². The largest absolute Gasteiger partial charge is 0.467 e. The third kappa shape index (κ3) is 4.72. The van der Waals surface area contributed by atoms with Crippen LogP contribution in [0.25, 0.3) is 0 Å². The average Bonchev–Trinajstić information content (AvgIpc) is 3.15. The van der Waals surface area contributed by atoms with Crippen LogP contribution in [0.1, 0.15) is 36.7 Å². The molecule has 0 saturated heterocycles. The van der Waals surface area contributed by atoms with Gasteiger partial charge in [0.1, 0.15) is 5.76 Å². The summed E-state index contributed by atoms with van der Waals surface area (Å²) in [5, 5.41) is 2.97. The molecule has 5 heteroatoms. The van der Waals surface area contributed by atoms with Crippen LogP contribution in [-0.2, 0) is 13.1 Å². The molecule has 1 N–H and O–H groups in total. The van der Waals surface area contributed by atoms with Crippen molar-refractivity contribution in [3.8, 4) is 0 Å². The number of benzene rings is 1.